The SMILES string of the molecule is CC[C@H](N)C(=O)N1CCC(C)C(C)C1. The average Bonchev–Trinajstić information content (AvgIpc) is 2.20. The molecular weight excluding hydrogens is 176 g/mol. The van der Waals surface area contributed by atoms with Crippen molar-refractivity contribution in [3.8, 4) is 0 Å². The van der Waals surface area contributed by atoms with Crippen LogP contribution in [0.3, 0.4) is 0 Å². The summed E-state index contributed by atoms with van der Waals surface area (Å²) < 4.78 is 0. The van der Waals surface area contributed by atoms with Gasteiger partial charge in [0.2, 0.25) is 5.91 Å². The van der Waals surface area contributed by atoms with Gasteiger partial charge in [-0.3, -0.25) is 4.79 Å². The number of likely N-dealkylation sites (tertiary alicyclic amines) is 1. The first-order valence-corrected chi connectivity index (χ1v) is 5.60. The van der Waals surface area contributed by atoms with Crippen molar-refractivity contribution in [2.45, 2.75) is 39.7 Å². The molecule has 1 amide bonds. The second-order valence-electron chi connectivity index (χ2n) is 4.54. The van der Waals surface area contributed by atoms with Crippen LogP contribution >= 0.6 is 0 Å². The second-order valence-corrected chi connectivity index (χ2v) is 4.54. The predicted molar refractivity (Wildman–Crippen MR) is 57.8 cm³/mol. The molecule has 3 nitrogen and oxygen atoms in total. The van der Waals surface area contributed by atoms with Crippen molar-refractivity contribution >= 4 is 5.91 Å². The number of carbonyl (C=O) groups is 1. The van der Waals surface area contributed by atoms with Crippen molar-refractivity contribution in [2.75, 3.05) is 13.1 Å². The largest absolute Gasteiger partial charge is 0.341 e. The van der Waals surface area contributed by atoms with Crippen LogP contribution in [-0.4, -0.2) is 29.9 Å². The van der Waals surface area contributed by atoms with Gasteiger partial charge >= 0.3 is 0 Å². The Morgan fingerprint density at radius 1 is 1.50 bits per heavy atom. The third kappa shape index (κ3) is 2.47. The monoisotopic (exact) mass is 198 g/mol. The summed E-state index contributed by atoms with van der Waals surface area (Å²) in [6, 6.07) is -0.296. The van der Waals surface area contributed by atoms with Crippen molar-refractivity contribution in [2.24, 2.45) is 17.6 Å². The molecule has 0 aromatic carbocycles. The van der Waals surface area contributed by atoms with Crippen LogP contribution in [-0.2, 0) is 4.79 Å². The number of hydrogen-bond acceptors (Lipinski definition) is 2. The number of carbonyl (C=O) groups excluding carboxylic acids is 1. The smallest absolute Gasteiger partial charge is 0.239 e. The zero-order valence-corrected chi connectivity index (χ0v) is 9.49. The molecule has 2 unspecified atom stereocenters. The van der Waals surface area contributed by atoms with Crippen LogP contribution in [0.2, 0.25) is 0 Å². The molecule has 0 aromatic rings. The summed E-state index contributed by atoms with van der Waals surface area (Å²) in [4.78, 5) is 13.7. The molecule has 0 saturated carbocycles. The highest BCUT2D eigenvalue weighted by Gasteiger charge is 2.27. The van der Waals surface area contributed by atoms with Gasteiger partial charge in [0.25, 0.3) is 0 Å². The van der Waals surface area contributed by atoms with Gasteiger partial charge in [0.1, 0.15) is 0 Å². The topological polar surface area (TPSA) is 46.3 Å². The first kappa shape index (κ1) is 11.5. The Morgan fingerprint density at radius 2 is 2.14 bits per heavy atom. The fourth-order valence-corrected chi connectivity index (χ4v) is 1.87. The normalized spacial score (nSPS) is 30.1. The van der Waals surface area contributed by atoms with Gasteiger partial charge in [0, 0.05) is 13.1 Å². The molecule has 1 aliphatic rings. The second kappa shape index (κ2) is 4.78. The van der Waals surface area contributed by atoms with Gasteiger partial charge in [0.15, 0.2) is 0 Å². The highest BCUT2D eigenvalue weighted by Crippen LogP contribution is 2.22. The first-order valence-electron chi connectivity index (χ1n) is 5.60. The molecule has 1 fully saturated rings. The van der Waals surface area contributed by atoms with E-state index in [4.69, 9.17) is 5.73 Å². The van der Waals surface area contributed by atoms with Gasteiger partial charge in [-0.25, -0.2) is 0 Å². The standard InChI is InChI=1S/C11H22N2O/c1-4-10(12)11(14)13-6-5-8(2)9(3)7-13/h8-10H,4-7,12H2,1-3H3/t8?,9?,10-/m0/s1. The van der Waals surface area contributed by atoms with Gasteiger partial charge in [-0.15, -0.1) is 0 Å². The van der Waals surface area contributed by atoms with Gasteiger partial charge < -0.3 is 10.6 Å². The summed E-state index contributed by atoms with van der Waals surface area (Å²) in [6.45, 7) is 8.19. The molecule has 1 rings (SSSR count). The zero-order chi connectivity index (χ0) is 10.7. The number of nitrogens with zero attached hydrogens (tertiary/aromatic N) is 1. The number of amides is 1. The molecule has 14 heavy (non-hydrogen) atoms. The van der Waals surface area contributed by atoms with Crippen molar-refractivity contribution < 1.29 is 4.79 Å². The Bertz CT molecular complexity index is 205. The van der Waals surface area contributed by atoms with Crippen LogP contribution < -0.4 is 5.73 Å². The van der Waals surface area contributed by atoms with E-state index in [0.29, 0.717) is 5.92 Å². The van der Waals surface area contributed by atoms with E-state index in [9.17, 15) is 4.79 Å². The third-order valence-electron chi connectivity index (χ3n) is 3.40. The molecule has 0 radical (unpaired) electrons. The molecule has 82 valence electrons. The Labute approximate surface area is 86.6 Å². The lowest BCUT2D eigenvalue weighted by molar-refractivity contribution is -0.135. The first-order chi connectivity index (χ1) is 6.56. The van der Waals surface area contributed by atoms with Crippen LogP contribution in [0.5, 0.6) is 0 Å². The maximum atomic E-state index is 11.8. The van der Waals surface area contributed by atoms with E-state index in [-0.39, 0.29) is 11.9 Å². The number of rotatable bonds is 2. The molecule has 3 atom stereocenters. The molecule has 1 aliphatic heterocycles. The minimum Gasteiger partial charge on any atom is -0.341 e. The summed E-state index contributed by atoms with van der Waals surface area (Å²) in [7, 11) is 0. The lowest BCUT2D eigenvalue weighted by Crippen LogP contribution is -2.49. The molecule has 0 aliphatic carbocycles. The quantitative estimate of drug-likeness (QED) is 0.725. The lowest BCUT2D eigenvalue weighted by atomic mass is 9.88. The summed E-state index contributed by atoms with van der Waals surface area (Å²) >= 11 is 0. The number of nitrogens with two attached hydrogens (primary N) is 1. The fraction of sp³-hybridized carbons (Fsp3) is 0.909. The predicted octanol–water partition coefficient (Wildman–Crippen LogP) is 1.23. The van der Waals surface area contributed by atoms with Gasteiger partial charge in [-0.1, -0.05) is 20.8 Å². The highest BCUT2D eigenvalue weighted by atomic mass is 16.2. The Kier molecular flexibility index (Phi) is 3.93. The van der Waals surface area contributed by atoms with Crippen LogP contribution in [0.25, 0.3) is 0 Å². The average molecular weight is 198 g/mol. The molecule has 3 heteroatoms. The lowest BCUT2D eigenvalue weighted by Gasteiger charge is -2.36. The van der Waals surface area contributed by atoms with E-state index in [1.54, 1.807) is 0 Å². The fourth-order valence-electron chi connectivity index (χ4n) is 1.87. The third-order valence-corrected chi connectivity index (χ3v) is 3.40. The van der Waals surface area contributed by atoms with Crippen LogP contribution in [0.4, 0.5) is 0 Å². The van der Waals surface area contributed by atoms with Gasteiger partial charge in [-0.2, -0.15) is 0 Å². The van der Waals surface area contributed by atoms with Gasteiger partial charge in [0.05, 0.1) is 6.04 Å². The zero-order valence-electron chi connectivity index (χ0n) is 9.49. The van der Waals surface area contributed by atoms with E-state index in [0.717, 1.165) is 31.8 Å². The van der Waals surface area contributed by atoms with Crippen molar-refractivity contribution in [3.05, 3.63) is 0 Å². The summed E-state index contributed by atoms with van der Waals surface area (Å²) in [6.07, 6.45) is 1.85. The van der Waals surface area contributed by atoms with Crippen LogP contribution in [0.1, 0.15) is 33.6 Å². The van der Waals surface area contributed by atoms with E-state index in [1.807, 2.05) is 11.8 Å². The number of hydrogen-bond donors (Lipinski definition) is 1. The summed E-state index contributed by atoms with van der Waals surface area (Å²) in [5, 5.41) is 0. The molecular formula is C11H22N2O. The van der Waals surface area contributed by atoms with E-state index >= 15 is 0 Å². The van der Waals surface area contributed by atoms with Crippen molar-refractivity contribution in [1.29, 1.82) is 0 Å². The Hall–Kier alpha value is -0.570. The summed E-state index contributed by atoms with van der Waals surface area (Å²) in [5.41, 5.74) is 5.74. The maximum Gasteiger partial charge on any atom is 0.239 e. The Morgan fingerprint density at radius 3 is 2.64 bits per heavy atom. The van der Waals surface area contributed by atoms with E-state index < -0.39 is 0 Å². The van der Waals surface area contributed by atoms with Crippen LogP contribution in [0, 0.1) is 11.8 Å². The number of piperidine rings is 1. The molecule has 0 spiro atoms. The minimum absolute atomic E-state index is 0.131. The van der Waals surface area contributed by atoms with Gasteiger partial charge in [-0.05, 0) is 24.7 Å². The maximum absolute atomic E-state index is 11.8. The van der Waals surface area contributed by atoms with Crippen molar-refractivity contribution in [1.82, 2.24) is 4.90 Å². The molecule has 1 heterocycles. The van der Waals surface area contributed by atoms with E-state index in [1.165, 1.54) is 0 Å². The molecule has 2 N–H and O–H groups in total. The molecule has 0 bridgehead atoms. The minimum atomic E-state index is -0.296. The molecule has 1 saturated heterocycles. The van der Waals surface area contributed by atoms with E-state index in [2.05, 4.69) is 13.8 Å². The summed E-state index contributed by atoms with van der Waals surface area (Å²) in [5.74, 6) is 1.47. The highest BCUT2D eigenvalue weighted by molar-refractivity contribution is 5.81. The van der Waals surface area contributed by atoms with Crippen molar-refractivity contribution in [3.63, 3.8) is 0 Å². The van der Waals surface area contributed by atoms with Crippen LogP contribution in [0.15, 0.2) is 0 Å². The molecule has 0 aromatic heterocycles. The Balaban J connectivity index is 2.50.